The summed E-state index contributed by atoms with van der Waals surface area (Å²) in [5, 5.41) is 21.2. The third kappa shape index (κ3) is 7.27. The smallest absolute Gasteiger partial charge is 0.332 e. The summed E-state index contributed by atoms with van der Waals surface area (Å²) in [7, 11) is 4.73. The molecule has 11 nitrogen and oxygen atoms in total. The van der Waals surface area contributed by atoms with Crippen molar-refractivity contribution in [3.8, 4) is 11.5 Å². The Labute approximate surface area is 231 Å². The number of hydrogen-bond donors (Lipinski definition) is 2. The highest BCUT2D eigenvalue weighted by Crippen LogP contribution is 2.27. The van der Waals surface area contributed by atoms with Gasteiger partial charge in [-0.1, -0.05) is 42.5 Å². The summed E-state index contributed by atoms with van der Waals surface area (Å²) < 4.78 is 15.6. The van der Waals surface area contributed by atoms with E-state index in [4.69, 9.17) is 9.47 Å². The first-order valence-corrected chi connectivity index (χ1v) is 12.3. The zero-order valence-corrected chi connectivity index (χ0v) is 23.0. The van der Waals surface area contributed by atoms with Gasteiger partial charge in [0.2, 0.25) is 0 Å². The van der Waals surface area contributed by atoms with Gasteiger partial charge in [-0.3, -0.25) is 13.9 Å². The molecule has 2 aromatic heterocycles. The van der Waals surface area contributed by atoms with Crippen LogP contribution in [-0.4, -0.2) is 72.8 Å². The van der Waals surface area contributed by atoms with Crippen LogP contribution in [-0.2, 0) is 27.2 Å². The molecule has 0 saturated heterocycles. The van der Waals surface area contributed by atoms with Crippen LogP contribution in [0, 0.1) is 0 Å². The number of hydrogen-bond acceptors (Lipinski definition) is 8. The number of nitrogens with zero attached hydrogens (tertiary/aromatic N) is 5. The second-order valence-corrected chi connectivity index (χ2v) is 9.34. The molecule has 2 N–H and O–H groups in total. The molecule has 2 heterocycles. The lowest BCUT2D eigenvalue weighted by molar-refractivity contribution is 0.0515. The second kappa shape index (κ2) is 13.4. The van der Waals surface area contributed by atoms with Crippen molar-refractivity contribution in [1.82, 2.24) is 23.6 Å². The van der Waals surface area contributed by atoms with Crippen LogP contribution in [0.2, 0.25) is 0 Å². The number of halogens is 1. The number of imidazole rings is 1. The number of ether oxygens (including phenoxy) is 2. The van der Waals surface area contributed by atoms with Crippen molar-refractivity contribution < 1.29 is 19.7 Å². The summed E-state index contributed by atoms with van der Waals surface area (Å²) in [5.74, 6) is 1.12. The molecule has 0 bridgehead atoms. The number of likely N-dealkylation sites (N-methyl/N-ethyl adjacent to an activating group) is 1. The number of fused-ring (bicyclic) bond motifs is 1. The van der Waals surface area contributed by atoms with E-state index in [1.165, 1.54) is 17.9 Å². The van der Waals surface area contributed by atoms with E-state index in [0.29, 0.717) is 18.1 Å². The van der Waals surface area contributed by atoms with Crippen molar-refractivity contribution in [3.63, 3.8) is 0 Å². The molecule has 0 aliphatic rings. The summed E-state index contributed by atoms with van der Waals surface area (Å²) in [6.45, 7) is 1.04. The van der Waals surface area contributed by atoms with Crippen LogP contribution in [0.4, 0.5) is 0 Å². The van der Waals surface area contributed by atoms with Crippen molar-refractivity contribution in [1.29, 1.82) is 0 Å². The lowest BCUT2D eigenvalue weighted by atomic mass is 10.2. The zero-order valence-electron chi connectivity index (χ0n) is 22.1. The zero-order chi connectivity index (χ0) is 27.2. The standard InChI is InChI=1S/C27H33N5O6.ClH/c1-29(13-20(33)15-32-18-28-25-24(32)26(35)31(3)27(36)30(25)2)14-21(34)17-38-23-12-8-7-11-22(23)37-16-19-9-5-4-6-10-19;/h4-12,18,20-21,33-34H,13-17H2,1-3H3;1H. The van der Waals surface area contributed by atoms with E-state index in [1.807, 2.05) is 48.5 Å². The van der Waals surface area contributed by atoms with Gasteiger partial charge in [-0.2, -0.15) is 0 Å². The summed E-state index contributed by atoms with van der Waals surface area (Å²) in [6.07, 6.45) is -0.223. The number of aryl methyl sites for hydroxylation is 1. The van der Waals surface area contributed by atoms with E-state index < -0.39 is 23.5 Å². The Bertz CT molecular complexity index is 1490. The molecule has 0 saturated carbocycles. The number of rotatable bonds is 12. The van der Waals surface area contributed by atoms with Crippen LogP contribution in [0.1, 0.15) is 5.56 Å². The molecule has 0 fully saturated rings. The molecule has 0 aliphatic heterocycles. The molecular formula is C27H34ClN5O6. The van der Waals surface area contributed by atoms with Gasteiger partial charge in [0.25, 0.3) is 5.56 Å². The van der Waals surface area contributed by atoms with Gasteiger partial charge in [-0.05, 0) is 24.7 Å². The third-order valence-electron chi connectivity index (χ3n) is 6.19. The van der Waals surface area contributed by atoms with Crippen LogP contribution in [0.25, 0.3) is 11.2 Å². The number of para-hydroxylation sites is 2. The Balaban J connectivity index is 0.00000420. The molecule has 0 amide bonds. The average Bonchev–Trinajstić information content (AvgIpc) is 3.32. The Kier molecular flexibility index (Phi) is 10.3. The highest BCUT2D eigenvalue weighted by molar-refractivity contribution is 5.85. The summed E-state index contributed by atoms with van der Waals surface area (Å²) in [5.41, 5.74) is 0.615. The number of aliphatic hydroxyl groups is 2. The Morgan fingerprint density at radius 3 is 2.21 bits per heavy atom. The number of aliphatic hydroxyl groups excluding tert-OH is 2. The molecule has 0 radical (unpaired) electrons. The monoisotopic (exact) mass is 559 g/mol. The van der Waals surface area contributed by atoms with Crippen molar-refractivity contribution in [2.45, 2.75) is 25.4 Å². The molecule has 4 aromatic rings. The number of benzene rings is 2. The van der Waals surface area contributed by atoms with Crippen molar-refractivity contribution >= 4 is 23.6 Å². The SMILES string of the molecule is CN(CC(O)COc1ccccc1OCc1ccccc1)CC(O)Cn1cnc2c1c(=O)n(C)c(=O)n2C.Cl. The largest absolute Gasteiger partial charge is 0.487 e. The lowest BCUT2D eigenvalue weighted by Gasteiger charge is -2.24. The van der Waals surface area contributed by atoms with Crippen molar-refractivity contribution in [3.05, 3.63) is 87.3 Å². The topological polar surface area (TPSA) is 124 Å². The molecule has 2 unspecified atom stereocenters. The Morgan fingerprint density at radius 2 is 1.51 bits per heavy atom. The Morgan fingerprint density at radius 1 is 0.897 bits per heavy atom. The Hall–Kier alpha value is -3.64. The van der Waals surface area contributed by atoms with Gasteiger partial charge in [0.15, 0.2) is 22.7 Å². The van der Waals surface area contributed by atoms with Crippen LogP contribution in [0.3, 0.4) is 0 Å². The molecule has 39 heavy (non-hydrogen) atoms. The second-order valence-electron chi connectivity index (χ2n) is 9.34. The average molecular weight is 560 g/mol. The first-order chi connectivity index (χ1) is 18.2. The van der Waals surface area contributed by atoms with Gasteiger partial charge in [0, 0.05) is 27.2 Å². The lowest BCUT2D eigenvalue weighted by Crippen LogP contribution is -2.40. The first-order valence-electron chi connectivity index (χ1n) is 12.3. The third-order valence-corrected chi connectivity index (χ3v) is 6.19. The van der Waals surface area contributed by atoms with Crippen LogP contribution < -0.4 is 20.7 Å². The van der Waals surface area contributed by atoms with Crippen LogP contribution in [0.15, 0.2) is 70.5 Å². The molecule has 2 atom stereocenters. The minimum atomic E-state index is -0.848. The van der Waals surface area contributed by atoms with Gasteiger partial charge in [0.1, 0.15) is 19.3 Å². The van der Waals surface area contributed by atoms with Crippen molar-refractivity contribution in [2.24, 2.45) is 14.1 Å². The van der Waals surface area contributed by atoms with E-state index in [1.54, 1.807) is 29.6 Å². The molecule has 210 valence electrons. The maximum absolute atomic E-state index is 12.6. The predicted octanol–water partition coefficient (Wildman–Crippen LogP) is 1.17. The first kappa shape index (κ1) is 29.9. The van der Waals surface area contributed by atoms with E-state index in [9.17, 15) is 19.8 Å². The van der Waals surface area contributed by atoms with E-state index in [-0.39, 0.29) is 49.8 Å². The maximum atomic E-state index is 12.6. The molecule has 0 aliphatic carbocycles. The minimum Gasteiger partial charge on any atom is -0.487 e. The molecule has 4 rings (SSSR count). The van der Waals surface area contributed by atoms with E-state index in [2.05, 4.69) is 4.98 Å². The summed E-state index contributed by atoms with van der Waals surface area (Å²) in [4.78, 5) is 30.7. The normalized spacial score (nSPS) is 12.8. The van der Waals surface area contributed by atoms with Crippen LogP contribution >= 0.6 is 12.4 Å². The maximum Gasteiger partial charge on any atom is 0.332 e. The number of aromatic nitrogens is 4. The minimum absolute atomic E-state index is 0. The molecule has 2 aromatic carbocycles. The van der Waals surface area contributed by atoms with Gasteiger partial charge in [-0.15, -0.1) is 12.4 Å². The van der Waals surface area contributed by atoms with E-state index >= 15 is 0 Å². The van der Waals surface area contributed by atoms with E-state index in [0.717, 1.165) is 10.1 Å². The highest BCUT2D eigenvalue weighted by Gasteiger charge is 2.18. The molecule has 0 spiro atoms. The van der Waals surface area contributed by atoms with Crippen molar-refractivity contribution in [2.75, 3.05) is 26.7 Å². The summed E-state index contributed by atoms with van der Waals surface area (Å²) >= 11 is 0. The van der Waals surface area contributed by atoms with Gasteiger partial charge in [-0.25, -0.2) is 9.78 Å². The summed E-state index contributed by atoms with van der Waals surface area (Å²) in [6, 6.07) is 17.1. The predicted molar refractivity (Wildman–Crippen MR) is 150 cm³/mol. The highest BCUT2D eigenvalue weighted by atomic mass is 35.5. The van der Waals surface area contributed by atoms with Gasteiger partial charge < -0.3 is 29.2 Å². The van der Waals surface area contributed by atoms with Gasteiger partial charge >= 0.3 is 5.69 Å². The quantitative estimate of drug-likeness (QED) is 0.265. The fourth-order valence-corrected chi connectivity index (χ4v) is 4.28. The fraction of sp³-hybridized carbons (Fsp3) is 0.370. The van der Waals surface area contributed by atoms with Gasteiger partial charge in [0.05, 0.1) is 19.0 Å². The molecular weight excluding hydrogens is 526 g/mol. The fourth-order valence-electron chi connectivity index (χ4n) is 4.28. The molecule has 12 heteroatoms. The van der Waals surface area contributed by atoms with Crippen LogP contribution in [0.5, 0.6) is 11.5 Å².